The first kappa shape index (κ1) is 13.1. The van der Waals surface area contributed by atoms with E-state index in [-0.39, 0.29) is 17.4 Å². The number of hydrogen-bond donors (Lipinski definition) is 2. The number of nitrogens with one attached hydrogen (secondary N) is 1. The van der Waals surface area contributed by atoms with E-state index in [1.165, 1.54) is 17.0 Å². The summed E-state index contributed by atoms with van der Waals surface area (Å²) in [5, 5.41) is 11.4. The predicted octanol–water partition coefficient (Wildman–Crippen LogP) is 0.626. The van der Waals surface area contributed by atoms with Crippen LogP contribution < -0.4 is 10.2 Å². The molecule has 0 aromatic heterocycles. The van der Waals surface area contributed by atoms with Crippen molar-refractivity contribution in [3.05, 3.63) is 29.8 Å². The molecule has 1 heterocycles. The minimum atomic E-state index is -1.01. The second-order valence-corrected chi connectivity index (χ2v) is 4.41. The van der Waals surface area contributed by atoms with Crippen LogP contribution in [0, 0.1) is 0 Å². The lowest BCUT2D eigenvalue weighted by Crippen LogP contribution is -2.42. The lowest BCUT2D eigenvalue weighted by molar-refractivity contribution is -0.123. The molecular weight excluding hydrogens is 248 g/mol. The zero-order valence-corrected chi connectivity index (χ0v) is 10.4. The largest absolute Gasteiger partial charge is 0.478 e. The maximum atomic E-state index is 12.1. The smallest absolute Gasteiger partial charge is 0.335 e. The molecule has 2 amide bonds. The first-order chi connectivity index (χ1) is 8.99. The van der Waals surface area contributed by atoms with Gasteiger partial charge in [0.2, 0.25) is 11.8 Å². The number of carbonyl (C=O) groups is 3. The van der Waals surface area contributed by atoms with Gasteiger partial charge in [0.05, 0.1) is 5.56 Å². The van der Waals surface area contributed by atoms with Crippen LogP contribution in [0.25, 0.3) is 0 Å². The first-order valence-corrected chi connectivity index (χ1v) is 5.89. The van der Waals surface area contributed by atoms with Gasteiger partial charge in [-0.15, -0.1) is 0 Å². The van der Waals surface area contributed by atoms with Crippen LogP contribution in [0.15, 0.2) is 24.3 Å². The van der Waals surface area contributed by atoms with Gasteiger partial charge >= 0.3 is 5.97 Å². The van der Waals surface area contributed by atoms with Crippen molar-refractivity contribution in [2.45, 2.75) is 18.9 Å². The molecule has 6 nitrogen and oxygen atoms in total. The van der Waals surface area contributed by atoms with E-state index in [1.807, 2.05) is 0 Å². The molecule has 0 unspecified atom stereocenters. The molecule has 1 fully saturated rings. The number of carboxylic acid groups (broad SMARTS) is 1. The van der Waals surface area contributed by atoms with Crippen molar-refractivity contribution in [3.8, 4) is 0 Å². The number of aromatic carboxylic acids is 1. The van der Waals surface area contributed by atoms with Gasteiger partial charge in [0.25, 0.3) is 0 Å². The van der Waals surface area contributed by atoms with Crippen molar-refractivity contribution in [1.82, 2.24) is 5.32 Å². The number of amides is 2. The molecule has 1 aliphatic heterocycles. The molecular formula is C13H14N2O4. The molecule has 0 spiro atoms. The molecule has 2 rings (SSSR count). The quantitative estimate of drug-likeness (QED) is 0.836. The monoisotopic (exact) mass is 262 g/mol. The lowest BCUT2D eigenvalue weighted by Gasteiger charge is -2.21. The van der Waals surface area contributed by atoms with Crippen LogP contribution in [0.5, 0.6) is 0 Å². The summed E-state index contributed by atoms with van der Waals surface area (Å²) in [6, 6.07) is 5.52. The molecule has 1 aromatic rings. The van der Waals surface area contributed by atoms with Crippen LogP contribution in [0.4, 0.5) is 5.69 Å². The van der Waals surface area contributed by atoms with Gasteiger partial charge in [0, 0.05) is 19.2 Å². The van der Waals surface area contributed by atoms with E-state index in [0.29, 0.717) is 18.5 Å². The Bertz CT molecular complexity index is 524. The van der Waals surface area contributed by atoms with Crippen LogP contribution in [0.1, 0.15) is 23.2 Å². The third-order valence-electron chi connectivity index (χ3n) is 3.13. The Kier molecular flexibility index (Phi) is 3.50. The molecule has 6 heteroatoms. The van der Waals surface area contributed by atoms with E-state index in [0.717, 1.165) is 0 Å². The number of hydrogen-bond acceptors (Lipinski definition) is 3. The number of likely N-dealkylation sites (N-methyl/N-ethyl adjacent to an activating group) is 1. The van der Waals surface area contributed by atoms with Crippen molar-refractivity contribution in [3.63, 3.8) is 0 Å². The maximum absolute atomic E-state index is 12.1. The molecule has 0 radical (unpaired) electrons. The topological polar surface area (TPSA) is 86.7 Å². The van der Waals surface area contributed by atoms with E-state index in [2.05, 4.69) is 5.32 Å². The number of nitrogens with zero attached hydrogens (tertiary/aromatic N) is 1. The summed E-state index contributed by atoms with van der Waals surface area (Å²) < 4.78 is 0. The van der Waals surface area contributed by atoms with Crippen LogP contribution >= 0.6 is 0 Å². The second-order valence-electron chi connectivity index (χ2n) is 4.41. The summed E-state index contributed by atoms with van der Waals surface area (Å²) in [5.74, 6) is -1.33. The van der Waals surface area contributed by atoms with E-state index in [4.69, 9.17) is 5.11 Å². The molecule has 0 saturated carbocycles. The maximum Gasteiger partial charge on any atom is 0.335 e. The molecule has 1 aliphatic rings. The van der Waals surface area contributed by atoms with E-state index in [1.54, 1.807) is 19.2 Å². The Labute approximate surface area is 110 Å². The van der Waals surface area contributed by atoms with Crippen molar-refractivity contribution in [2.75, 3.05) is 11.9 Å². The minimum absolute atomic E-state index is 0.118. The summed E-state index contributed by atoms with van der Waals surface area (Å²) in [5.41, 5.74) is 0.759. The van der Waals surface area contributed by atoms with Gasteiger partial charge in [-0.1, -0.05) is 0 Å². The van der Waals surface area contributed by atoms with Gasteiger partial charge < -0.3 is 15.3 Å². The SMILES string of the molecule is CN(C(=O)[C@@H]1CCC(=O)N1)c1ccc(C(=O)O)cc1. The summed E-state index contributed by atoms with van der Waals surface area (Å²) in [4.78, 5) is 35.3. The van der Waals surface area contributed by atoms with Gasteiger partial charge in [-0.2, -0.15) is 0 Å². The van der Waals surface area contributed by atoms with E-state index in [9.17, 15) is 14.4 Å². The fourth-order valence-corrected chi connectivity index (χ4v) is 1.99. The van der Waals surface area contributed by atoms with Gasteiger partial charge in [0.1, 0.15) is 6.04 Å². The van der Waals surface area contributed by atoms with Crippen molar-refractivity contribution >= 4 is 23.5 Å². The minimum Gasteiger partial charge on any atom is -0.478 e. The molecule has 2 N–H and O–H groups in total. The highest BCUT2D eigenvalue weighted by molar-refractivity contribution is 6.00. The number of benzene rings is 1. The van der Waals surface area contributed by atoms with E-state index < -0.39 is 12.0 Å². The van der Waals surface area contributed by atoms with E-state index >= 15 is 0 Å². The second kappa shape index (κ2) is 5.09. The van der Waals surface area contributed by atoms with Crippen molar-refractivity contribution in [1.29, 1.82) is 0 Å². The van der Waals surface area contributed by atoms with Crippen LogP contribution in [-0.2, 0) is 9.59 Å². The average molecular weight is 262 g/mol. The highest BCUT2D eigenvalue weighted by Crippen LogP contribution is 2.17. The number of carbonyl (C=O) groups excluding carboxylic acids is 2. The van der Waals surface area contributed by atoms with Gasteiger partial charge in [-0.3, -0.25) is 9.59 Å². The summed E-state index contributed by atoms with van der Waals surface area (Å²) in [6.07, 6.45) is 0.859. The molecule has 0 aliphatic carbocycles. The molecule has 0 bridgehead atoms. The third kappa shape index (κ3) is 2.73. The number of rotatable bonds is 3. The summed E-state index contributed by atoms with van der Waals surface area (Å²) in [6.45, 7) is 0. The summed E-state index contributed by atoms with van der Waals surface area (Å²) >= 11 is 0. The standard InChI is InChI=1S/C13H14N2O4/c1-15(12(17)10-6-7-11(16)14-10)9-4-2-8(3-5-9)13(18)19/h2-5,10H,6-7H2,1H3,(H,14,16)(H,18,19)/t10-/m0/s1. The fourth-order valence-electron chi connectivity index (χ4n) is 1.99. The average Bonchev–Trinajstić information content (AvgIpc) is 2.84. The van der Waals surface area contributed by atoms with Crippen LogP contribution in [0.3, 0.4) is 0 Å². The Morgan fingerprint density at radius 1 is 1.32 bits per heavy atom. The fraction of sp³-hybridized carbons (Fsp3) is 0.308. The van der Waals surface area contributed by atoms with Crippen molar-refractivity contribution in [2.24, 2.45) is 0 Å². The first-order valence-electron chi connectivity index (χ1n) is 5.89. The summed E-state index contributed by atoms with van der Waals surface area (Å²) in [7, 11) is 1.60. The number of carboxylic acids is 1. The molecule has 19 heavy (non-hydrogen) atoms. The normalized spacial score (nSPS) is 17.9. The molecule has 1 saturated heterocycles. The molecule has 1 atom stereocenters. The third-order valence-corrected chi connectivity index (χ3v) is 3.13. The van der Waals surface area contributed by atoms with Crippen molar-refractivity contribution < 1.29 is 19.5 Å². The Hall–Kier alpha value is -2.37. The highest BCUT2D eigenvalue weighted by atomic mass is 16.4. The van der Waals surface area contributed by atoms with Gasteiger partial charge in [-0.05, 0) is 30.7 Å². The lowest BCUT2D eigenvalue weighted by atomic mass is 10.1. The molecule has 1 aromatic carbocycles. The zero-order valence-electron chi connectivity index (χ0n) is 10.4. The van der Waals surface area contributed by atoms with Gasteiger partial charge in [-0.25, -0.2) is 4.79 Å². The van der Waals surface area contributed by atoms with Crippen LogP contribution in [0.2, 0.25) is 0 Å². The number of anilines is 1. The van der Waals surface area contributed by atoms with Gasteiger partial charge in [0.15, 0.2) is 0 Å². The Balaban J connectivity index is 2.10. The highest BCUT2D eigenvalue weighted by Gasteiger charge is 2.29. The Morgan fingerprint density at radius 2 is 1.95 bits per heavy atom. The van der Waals surface area contributed by atoms with Crippen LogP contribution in [-0.4, -0.2) is 36.0 Å². The molecule has 100 valence electrons. The zero-order chi connectivity index (χ0) is 14.0. The predicted molar refractivity (Wildman–Crippen MR) is 68.0 cm³/mol. The Morgan fingerprint density at radius 3 is 2.42 bits per heavy atom.